The number of benzene rings is 2. The van der Waals surface area contributed by atoms with Gasteiger partial charge in [0.15, 0.2) is 11.5 Å². The molecule has 2 unspecified atom stereocenters. The van der Waals surface area contributed by atoms with Crippen LogP contribution in [-0.4, -0.2) is 40.9 Å². The van der Waals surface area contributed by atoms with E-state index in [1.165, 1.54) is 12.1 Å². The maximum atomic E-state index is 12.0. The second-order valence-corrected chi connectivity index (χ2v) is 7.10. The summed E-state index contributed by atoms with van der Waals surface area (Å²) in [6.45, 7) is 2.36. The molecule has 2 aromatic carbocycles. The minimum Gasteiger partial charge on any atom is -0.504 e. The summed E-state index contributed by atoms with van der Waals surface area (Å²) in [5, 5.41) is 35.1. The van der Waals surface area contributed by atoms with Crippen LogP contribution in [0.2, 0.25) is 0 Å². The molecule has 2 rings (SSSR count). The van der Waals surface area contributed by atoms with Crippen molar-refractivity contribution in [3.8, 4) is 17.2 Å². The summed E-state index contributed by atoms with van der Waals surface area (Å²) in [6, 6.07) is 11.7. The number of ether oxygens (including phenoxy) is 1. The van der Waals surface area contributed by atoms with Gasteiger partial charge in [-0.05, 0) is 61.7 Å². The third-order valence-electron chi connectivity index (χ3n) is 4.71. The maximum absolute atomic E-state index is 12.0. The first-order chi connectivity index (χ1) is 13.9. The Bertz CT molecular complexity index is 786. The summed E-state index contributed by atoms with van der Waals surface area (Å²) in [5.74, 6) is 0.274. The monoisotopic (exact) mass is 438 g/mol. The quantitative estimate of drug-likeness (QED) is 0.270. The number of nitrogens with one attached hydrogen (secondary N) is 2. The summed E-state index contributed by atoms with van der Waals surface area (Å²) >= 11 is 0. The Balaban J connectivity index is 0.00000450. The van der Waals surface area contributed by atoms with Gasteiger partial charge in [-0.3, -0.25) is 4.79 Å². The molecule has 2 aromatic rings. The number of aliphatic hydroxyl groups is 1. The van der Waals surface area contributed by atoms with E-state index < -0.39 is 6.10 Å². The van der Waals surface area contributed by atoms with Gasteiger partial charge in [-0.15, -0.1) is 12.4 Å². The first kappa shape index (κ1) is 25.6. The third kappa shape index (κ3) is 8.49. The number of aromatic hydroxyl groups is 2. The Labute approximate surface area is 183 Å². The largest absolute Gasteiger partial charge is 0.504 e. The molecule has 0 radical (unpaired) electrons. The van der Waals surface area contributed by atoms with Gasteiger partial charge in [-0.1, -0.05) is 12.5 Å². The molecule has 166 valence electrons. The standard InChI is InChI=1S/C22H30N2O5.ClH/c1-15(23-14-21(27)16-7-12-19(25)20(26)13-16)5-3-4-6-22(28)24-17-8-10-18(29-2)11-9-17;/h7-13,15,21,23,25-27H,3-6,14H2,1-2H3,(H,24,28);1H. The van der Waals surface area contributed by atoms with Gasteiger partial charge in [-0.25, -0.2) is 0 Å². The van der Waals surface area contributed by atoms with Crippen LogP contribution in [0.5, 0.6) is 17.2 Å². The molecule has 0 spiro atoms. The van der Waals surface area contributed by atoms with Crippen molar-refractivity contribution in [2.24, 2.45) is 0 Å². The highest BCUT2D eigenvalue weighted by molar-refractivity contribution is 5.90. The lowest BCUT2D eigenvalue weighted by atomic mass is 10.1. The first-order valence-electron chi connectivity index (χ1n) is 9.76. The number of rotatable bonds is 11. The van der Waals surface area contributed by atoms with Crippen molar-refractivity contribution in [1.82, 2.24) is 5.32 Å². The highest BCUT2D eigenvalue weighted by Crippen LogP contribution is 2.27. The molecule has 1 amide bonds. The molecule has 2 atom stereocenters. The van der Waals surface area contributed by atoms with E-state index in [1.54, 1.807) is 25.3 Å². The molecule has 8 heteroatoms. The van der Waals surface area contributed by atoms with Crippen molar-refractivity contribution in [3.63, 3.8) is 0 Å². The number of hydrogen-bond acceptors (Lipinski definition) is 6. The van der Waals surface area contributed by atoms with Crippen molar-refractivity contribution in [1.29, 1.82) is 0 Å². The molecular weight excluding hydrogens is 408 g/mol. The molecular formula is C22H31ClN2O5. The molecule has 30 heavy (non-hydrogen) atoms. The van der Waals surface area contributed by atoms with Gasteiger partial charge in [0.2, 0.25) is 5.91 Å². The van der Waals surface area contributed by atoms with E-state index in [2.05, 4.69) is 10.6 Å². The van der Waals surface area contributed by atoms with Gasteiger partial charge >= 0.3 is 0 Å². The van der Waals surface area contributed by atoms with E-state index in [-0.39, 0.29) is 35.9 Å². The van der Waals surface area contributed by atoms with Gasteiger partial charge < -0.3 is 30.7 Å². The average molecular weight is 439 g/mol. The molecule has 0 saturated carbocycles. The number of aliphatic hydroxyl groups excluding tert-OH is 1. The predicted molar refractivity (Wildman–Crippen MR) is 120 cm³/mol. The molecule has 5 N–H and O–H groups in total. The van der Waals surface area contributed by atoms with Gasteiger partial charge in [0, 0.05) is 24.7 Å². The van der Waals surface area contributed by atoms with Crippen LogP contribution in [0.3, 0.4) is 0 Å². The number of amides is 1. The average Bonchev–Trinajstić information content (AvgIpc) is 2.72. The molecule has 0 aliphatic heterocycles. The predicted octanol–water partition coefficient (Wildman–Crippen LogP) is 3.74. The SMILES string of the molecule is COc1ccc(NC(=O)CCCCC(C)NCC(O)c2ccc(O)c(O)c2)cc1.Cl. The number of hydrogen-bond donors (Lipinski definition) is 5. The highest BCUT2D eigenvalue weighted by Gasteiger charge is 2.12. The third-order valence-corrected chi connectivity index (χ3v) is 4.71. The Hall–Kier alpha value is -2.48. The second kappa shape index (κ2) is 13.0. The number of anilines is 1. The van der Waals surface area contributed by atoms with Gasteiger partial charge in [-0.2, -0.15) is 0 Å². The van der Waals surface area contributed by atoms with Crippen molar-refractivity contribution in [2.45, 2.75) is 44.8 Å². The number of carbonyl (C=O) groups excluding carboxylic acids is 1. The molecule has 0 bridgehead atoms. The van der Waals surface area contributed by atoms with Crippen LogP contribution >= 0.6 is 12.4 Å². The Morgan fingerprint density at radius 1 is 1.07 bits per heavy atom. The molecule has 0 fully saturated rings. The van der Waals surface area contributed by atoms with Crippen LogP contribution < -0.4 is 15.4 Å². The fraction of sp³-hybridized carbons (Fsp3) is 0.409. The van der Waals surface area contributed by atoms with E-state index in [9.17, 15) is 20.1 Å². The van der Waals surface area contributed by atoms with Crippen molar-refractivity contribution < 1.29 is 24.9 Å². The molecule has 0 aliphatic carbocycles. The van der Waals surface area contributed by atoms with Crippen LogP contribution in [0.4, 0.5) is 5.69 Å². The van der Waals surface area contributed by atoms with E-state index in [0.29, 0.717) is 18.5 Å². The van der Waals surface area contributed by atoms with Gasteiger partial charge in [0.05, 0.1) is 13.2 Å². The number of phenolic OH excluding ortho intramolecular Hbond substituents is 2. The number of unbranched alkanes of at least 4 members (excludes halogenated alkanes) is 1. The zero-order valence-corrected chi connectivity index (χ0v) is 18.1. The number of carbonyl (C=O) groups is 1. The molecule has 0 aromatic heterocycles. The highest BCUT2D eigenvalue weighted by atomic mass is 35.5. The fourth-order valence-electron chi connectivity index (χ4n) is 2.91. The molecule has 0 aliphatic rings. The lowest BCUT2D eigenvalue weighted by Gasteiger charge is -2.17. The van der Waals surface area contributed by atoms with E-state index in [1.807, 2.05) is 19.1 Å². The summed E-state index contributed by atoms with van der Waals surface area (Å²) in [6.07, 6.45) is 2.22. The summed E-state index contributed by atoms with van der Waals surface area (Å²) in [7, 11) is 1.60. The number of halogens is 1. The lowest BCUT2D eigenvalue weighted by Crippen LogP contribution is -2.30. The topological polar surface area (TPSA) is 111 Å². The summed E-state index contributed by atoms with van der Waals surface area (Å²) < 4.78 is 5.09. The number of phenols is 2. The zero-order chi connectivity index (χ0) is 21.2. The van der Waals surface area contributed by atoms with Gasteiger partial charge in [0.25, 0.3) is 0 Å². The van der Waals surface area contributed by atoms with Crippen LogP contribution in [0.1, 0.15) is 44.3 Å². The minimum absolute atomic E-state index is 0. The van der Waals surface area contributed by atoms with E-state index in [4.69, 9.17) is 4.74 Å². The van der Waals surface area contributed by atoms with E-state index in [0.717, 1.165) is 30.7 Å². The Morgan fingerprint density at radius 2 is 1.77 bits per heavy atom. The zero-order valence-electron chi connectivity index (χ0n) is 17.3. The fourth-order valence-corrected chi connectivity index (χ4v) is 2.91. The molecule has 0 heterocycles. The maximum Gasteiger partial charge on any atom is 0.224 e. The molecule has 7 nitrogen and oxygen atoms in total. The van der Waals surface area contributed by atoms with Crippen LogP contribution in [0, 0.1) is 0 Å². The van der Waals surface area contributed by atoms with Crippen molar-refractivity contribution in [3.05, 3.63) is 48.0 Å². The Kier molecular flexibility index (Phi) is 11.0. The van der Waals surface area contributed by atoms with Crippen LogP contribution in [-0.2, 0) is 4.79 Å². The van der Waals surface area contributed by atoms with Gasteiger partial charge in [0.1, 0.15) is 5.75 Å². The van der Waals surface area contributed by atoms with Crippen molar-refractivity contribution in [2.75, 3.05) is 19.0 Å². The van der Waals surface area contributed by atoms with E-state index >= 15 is 0 Å². The molecule has 0 saturated heterocycles. The van der Waals surface area contributed by atoms with Crippen molar-refractivity contribution >= 4 is 24.0 Å². The smallest absolute Gasteiger partial charge is 0.224 e. The normalized spacial score (nSPS) is 12.5. The number of methoxy groups -OCH3 is 1. The second-order valence-electron chi connectivity index (χ2n) is 7.10. The Morgan fingerprint density at radius 3 is 2.40 bits per heavy atom. The minimum atomic E-state index is -0.778. The summed E-state index contributed by atoms with van der Waals surface area (Å²) in [5.41, 5.74) is 1.29. The van der Waals surface area contributed by atoms with Crippen LogP contribution in [0.25, 0.3) is 0 Å². The lowest BCUT2D eigenvalue weighted by molar-refractivity contribution is -0.116. The summed E-state index contributed by atoms with van der Waals surface area (Å²) in [4.78, 5) is 12.0. The van der Waals surface area contributed by atoms with Crippen LogP contribution in [0.15, 0.2) is 42.5 Å². The first-order valence-corrected chi connectivity index (χ1v) is 9.76.